The predicted octanol–water partition coefficient (Wildman–Crippen LogP) is 1.50. The number of rotatable bonds is 3. The molecule has 0 spiro atoms. The van der Waals surface area contributed by atoms with Crippen molar-refractivity contribution in [1.82, 2.24) is 10.6 Å². The number of ether oxygens (including phenoxy) is 2. The van der Waals surface area contributed by atoms with Crippen molar-refractivity contribution >= 4 is 12.4 Å². The fourth-order valence-corrected chi connectivity index (χ4v) is 2.01. The van der Waals surface area contributed by atoms with Gasteiger partial charge in [0.1, 0.15) is 5.82 Å². The fourth-order valence-electron chi connectivity index (χ4n) is 2.01. The molecule has 0 bridgehead atoms. The molecule has 1 aromatic rings. The van der Waals surface area contributed by atoms with Crippen molar-refractivity contribution in [2.45, 2.75) is 6.04 Å². The monoisotopic (exact) mass is 276 g/mol. The van der Waals surface area contributed by atoms with E-state index in [2.05, 4.69) is 10.6 Å². The molecule has 1 aliphatic rings. The van der Waals surface area contributed by atoms with E-state index in [1.54, 1.807) is 13.2 Å². The molecule has 0 aliphatic carbocycles. The van der Waals surface area contributed by atoms with E-state index in [4.69, 9.17) is 9.47 Å². The highest BCUT2D eigenvalue weighted by atomic mass is 35.5. The van der Waals surface area contributed by atoms with Crippen molar-refractivity contribution in [2.24, 2.45) is 0 Å². The second-order valence-electron chi connectivity index (χ2n) is 3.94. The summed E-state index contributed by atoms with van der Waals surface area (Å²) in [5, 5.41) is 6.49. The van der Waals surface area contributed by atoms with Gasteiger partial charge < -0.3 is 20.1 Å². The largest absolute Gasteiger partial charge is 0.493 e. The molecule has 1 heterocycles. The Morgan fingerprint density at radius 1 is 1.17 bits per heavy atom. The summed E-state index contributed by atoms with van der Waals surface area (Å²) in [6.07, 6.45) is 0. The zero-order chi connectivity index (χ0) is 12.3. The first-order valence-corrected chi connectivity index (χ1v) is 5.61. The zero-order valence-electron chi connectivity index (χ0n) is 10.5. The van der Waals surface area contributed by atoms with E-state index in [9.17, 15) is 4.39 Å². The van der Waals surface area contributed by atoms with Gasteiger partial charge in [-0.15, -0.1) is 12.4 Å². The Balaban J connectivity index is 0.00000162. The number of benzene rings is 1. The molecule has 18 heavy (non-hydrogen) atoms. The van der Waals surface area contributed by atoms with Gasteiger partial charge in [-0.05, 0) is 6.07 Å². The van der Waals surface area contributed by atoms with Crippen LogP contribution >= 0.6 is 12.4 Å². The Morgan fingerprint density at radius 3 is 2.39 bits per heavy atom. The van der Waals surface area contributed by atoms with E-state index < -0.39 is 0 Å². The summed E-state index contributed by atoms with van der Waals surface area (Å²) in [7, 11) is 3.05. The third kappa shape index (κ3) is 3.04. The normalized spacial score (nSPS) is 18.9. The third-order valence-electron chi connectivity index (χ3n) is 2.92. The molecule has 0 saturated carbocycles. The van der Waals surface area contributed by atoms with Gasteiger partial charge in [-0.3, -0.25) is 0 Å². The summed E-state index contributed by atoms with van der Waals surface area (Å²) in [5.74, 6) is 0.692. The standard InChI is InChI=1S/C12H17FN2O2.ClH/c1-16-11-5-8(9(13)6-12(11)17-2)10-7-14-3-4-15-10;/h5-6,10,14-15H,3-4,7H2,1-2H3;1H/t10-;/m0./s1. The molecule has 2 rings (SSSR count). The van der Waals surface area contributed by atoms with Crippen molar-refractivity contribution in [1.29, 1.82) is 0 Å². The average Bonchev–Trinajstić information content (AvgIpc) is 2.39. The molecule has 0 aromatic heterocycles. The van der Waals surface area contributed by atoms with Crippen molar-refractivity contribution < 1.29 is 13.9 Å². The minimum absolute atomic E-state index is 0. The summed E-state index contributed by atoms with van der Waals surface area (Å²) in [6.45, 7) is 2.45. The van der Waals surface area contributed by atoms with E-state index in [0.717, 1.165) is 13.1 Å². The average molecular weight is 277 g/mol. The van der Waals surface area contributed by atoms with E-state index in [1.165, 1.54) is 13.2 Å². The fraction of sp³-hybridized carbons (Fsp3) is 0.500. The molecule has 4 nitrogen and oxygen atoms in total. The van der Waals surface area contributed by atoms with Crippen LogP contribution in [0, 0.1) is 5.82 Å². The SMILES string of the molecule is COc1cc(F)c([C@@H]2CNCCN2)cc1OC.Cl. The Morgan fingerprint density at radius 2 is 1.83 bits per heavy atom. The van der Waals surface area contributed by atoms with Gasteiger partial charge in [0, 0.05) is 37.3 Å². The Bertz CT molecular complexity index is 398. The maximum atomic E-state index is 13.9. The van der Waals surface area contributed by atoms with Crippen LogP contribution < -0.4 is 20.1 Å². The number of methoxy groups -OCH3 is 2. The smallest absolute Gasteiger partial charge is 0.163 e. The molecule has 2 N–H and O–H groups in total. The number of piperazine rings is 1. The lowest BCUT2D eigenvalue weighted by Crippen LogP contribution is -2.42. The lowest BCUT2D eigenvalue weighted by Gasteiger charge is -2.25. The molecule has 1 atom stereocenters. The van der Waals surface area contributed by atoms with Crippen molar-refractivity contribution in [3.63, 3.8) is 0 Å². The highest BCUT2D eigenvalue weighted by molar-refractivity contribution is 5.85. The van der Waals surface area contributed by atoms with Gasteiger partial charge in [0.05, 0.1) is 14.2 Å². The van der Waals surface area contributed by atoms with E-state index >= 15 is 0 Å². The van der Waals surface area contributed by atoms with Crippen molar-refractivity contribution in [3.8, 4) is 11.5 Å². The lowest BCUT2D eigenvalue weighted by atomic mass is 10.0. The summed E-state index contributed by atoms with van der Waals surface area (Å²) in [4.78, 5) is 0. The Kier molecular flexibility index (Phi) is 5.65. The highest BCUT2D eigenvalue weighted by Gasteiger charge is 2.20. The van der Waals surface area contributed by atoms with Crippen LogP contribution in [0.5, 0.6) is 11.5 Å². The number of nitrogens with one attached hydrogen (secondary N) is 2. The van der Waals surface area contributed by atoms with Crippen LogP contribution in [0.2, 0.25) is 0 Å². The van der Waals surface area contributed by atoms with Crippen molar-refractivity contribution in [3.05, 3.63) is 23.5 Å². The summed E-state index contributed by atoms with van der Waals surface area (Å²) in [5.41, 5.74) is 0.606. The maximum Gasteiger partial charge on any atom is 0.163 e. The second kappa shape index (κ2) is 6.78. The Hall–Kier alpha value is -1.04. The second-order valence-corrected chi connectivity index (χ2v) is 3.94. The molecular formula is C12H18ClFN2O2. The molecule has 0 unspecified atom stereocenters. The third-order valence-corrected chi connectivity index (χ3v) is 2.92. The molecule has 102 valence electrons. The number of hydrogen-bond donors (Lipinski definition) is 2. The van der Waals surface area contributed by atoms with Gasteiger partial charge in [0.25, 0.3) is 0 Å². The van der Waals surface area contributed by atoms with Gasteiger partial charge in [-0.25, -0.2) is 4.39 Å². The summed E-state index contributed by atoms with van der Waals surface area (Å²) in [6, 6.07) is 3.03. The molecule has 6 heteroatoms. The van der Waals surface area contributed by atoms with Crippen LogP contribution in [0.4, 0.5) is 4.39 Å². The van der Waals surface area contributed by atoms with E-state index in [-0.39, 0.29) is 24.3 Å². The highest BCUT2D eigenvalue weighted by Crippen LogP contribution is 2.32. The molecule has 1 aliphatic heterocycles. The minimum Gasteiger partial charge on any atom is -0.493 e. The van der Waals surface area contributed by atoms with Crippen molar-refractivity contribution in [2.75, 3.05) is 33.9 Å². The minimum atomic E-state index is -0.274. The first-order valence-electron chi connectivity index (χ1n) is 5.61. The van der Waals surface area contributed by atoms with Crippen LogP contribution in [-0.4, -0.2) is 33.9 Å². The van der Waals surface area contributed by atoms with Gasteiger partial charge >= 0.3 is 0 Å². The van der Waals surface area contributed by atoms with E-state index in [0.29, 0.717) is 23.6 Å². The van der Waals surface area contributed by atoms with Gasteiger partial charge in [0.15, 0.2) is 11.5 Å². The first-order chi connectivity index (χ1) is 8.26. The van der Waals surface area contributed by atoms with Gasteiger partial charge in [0.2, 0.25) is 0 Å². The number of hydrogen-bond acceptors (Lipinski definition) is 4. The molecule has 1 aromatic carbocycles. The Labute approximate surface area is 112 Å². The quantitative estimate of drug-likeness (QED) is 0.878. The van der Waals surface area contributed by atoms with E-state index in [1.807, 2.05) is 0 Å². The van der Waals surface area contributed by atoms with Crippen LogP contribution in [-0.2, 0) is 0 Å². The molecule has 1 saturated heterocycles. The topological polar surface area (TPSA) is 42.5 Å². The van der Waals surface area contributed by atoms with Gasteiger partial charge in [-0.2, -0.15) is 0 Å². The molecular weight excluding hydrogens is 259 g/mol. The number of halogens is 2. The van der Waals surface area contributed by atoms with Crippen LogP contribution in [0.3, 0.4) is 0 Å². The molecule has 0 radical (unpaired) electrons. The molecule has 1 fully saturated rings. The summed E-state index contributed by atoms with van der Waals surface area (Å²) < 4.78 is 24.2. The first kappa shape index (κ1) is 15.0. The molecule has 0 amide bonds. The van der Waals surface area contributed by atoms with Gasteiger partial charge in [-0.1, -0.05) is 0 Å². The maximum absolute atomic E-state index is 13.9. The summed E-state index contributed by atoms with van der Waals surface area (Å²) >= 11 is 0. The van der Waals surface area contributed by atoms with Crippen LogP contribution in [0.25, 0.3) is 0 Å². The van der Waals surface area contributed by atoms with Crippen LogP contribution in [0.15, 0.2) is 12.1 Å². The lowest BCUT2D eigenvalue weighted by molar-refractivity contribution is 0.348. The van der Waals surface area contributed by atoms with Crippen LogP contribution in [0.1, 0.15) is 11.6 Å². The predicted molar refractivity (Wildman–Crippen MR) is 70.4 cm³/mol. The zero-order valence-corrected chi connectivity index (χ0v) is 11.3.